The molecule has 162 valence electrons. The minimum Gasteiger partial charge on any atom is -0.474 e. The zero-order valence-corrected chi connectivity index (χ0v) is 17.7. The van der Waals surface area contributed by atoms with E-state index in [2.05, 4.69) is 10.3 Å². The van der Waals surface area contributed by atoms with Crippen molar-refractivity contribution in [3.8, 4) is 5.88 Å². The average Bonchev–Trinajstić information content (AvgIpc) is 3.35. The lowest BCUT2D eigenvalue weighted by molar-refractivity contribution is -0.121. The minimum atomic E-state index is -0.285. The molecule has 1 aromatic heterocycles. The van der Waals surface area contributed by atoms with Gasteiger partial charge in [-0.25, -0.2) is 4.98 Å². The van der Waals surface area contributed by atoms with Crippen LogP contribution >= 0.6 is 0 Å². The molecular weight excluding hydrogens is 394 g/mol. The van der Waals surface area contributed by atoms with Crippen LogP contribution in [0.5, 0.6) is 5.88 Å². The highest BCUT2D eigenvalue weighted by Gasteiger charge is 2.34. The number of hydrogen-bond acceptors (Lipinski definition) is 5. The summed E-state index contributed by atoms with van der Waals surface area (Å²) in [6.45, 7) is 2.50. The number of fused-ring (bicyclic) bond motifs is 1. The summed E-state index contributed by atoms with van der Waals surface area (Å²) in [5, 5.41) is 2.88. The van der Waals surface area contributed by atoms with E-state index in [1.807, 2.05) is 25.1 Å². The molecule has 31 heavy (non-hydrogen) atoms. The summed E-state index contributed by atoms with van der Waals surface area (Å²) >= 11 is 0. The molecule has 0 spiro atoms. The molecule has 1 saturated carbocycles. The third kappa shape index (κ3) is 4.93. The fourth-order valence-electron chi connectivity index (χ4n) is 4.10. The number of nitrogens with zero attached hydrogens (tertiary/aromatic N) is 2. The van der Waals surface area contributed by atoms with E-state index in [0.717, 1.165) is 24.0 Å². The molecule has 7 nitrogen and oxygen atoms in total. The lowest BCUT2D eigenvalue weighted by Crippen LogP contribution is -2.32. The molecule has 2 aliphatic rings. The first kappa shape index (κ1) is 21.0. The molecule has 1 aliphatic carbocycles. The van der Waals surface area contributed by atoms with Crippen molar-refractivity contribution in [3.63, 3.8) is 0 Å². The number of ether oxygens (including phenoxy) is 1. The Balaban J connectivity index is 1.22. The van der Waals surface area contributed by atoms with Gasteiger partial charge in [-0.3, -0.25) is 19.3 Å². The van der Waals surface area contributed by atoms with Crippen molar-refractivity contribution in [2.24, 2.45) is 0 Å². The number of pyridine rings is 1. The summed E-state index contributed by atoms with van der Waals surface area (Å²) in [4.78, 5) is 42.7. The van der Waals surface area contributed by atoms with Crippen LogP contribution in [0, 0.1) is 6.92 Å². The Morgan fingerprint density at radius 3 is 2.71 bits per heavy atom. The van der Waals surface area contributed by atoms with E-state index in [1.165, 1.54) is 17.7 Å². The van der Waals surface area contributed by atoms with Crippen molar-refractivity contribution in [1.29, 1.82) is 0 Å². The maximum Gasteiger partial charge on any atom is 0.261 e. The fraction of sp³-hybridized carbons (Fsp3) is 0.417. The summed E-state index contributed by atoms with van der Waals surface area (Å²) in [6.07, 6.45) is 7.11. The zero-order valence-electron chi connectivity index (χ0n) is 17.7. The molecule has 0 unspecified atom stereocenters. The Kier molecular flexibility index (Phi) is 6.30. The summed E-state index contributed by atoms with van der Waals surface area (Å²) in [7, 11) is 0. The second kappa shape index (κ2) is 9.29. The number of amides is 3. The number of hydrogen-bond donors (Lipinski definition) is 1. The van der Waals surface area contributed by atoms with E-state index in [-0.39, 0.29) is 36.8 Å². The first-order valence-corrected chi connectivity index (χ1v) is 10.9. The molecule has 1 aromatic carbocycles. The predicted molar refractivity (Wildman–Crippen MR) is 115 cm³/mol. The maximum absolute atomic E-state index is 12.5. The van der Waals surface area contributed by atoms with Gasteiger partial charge >= 0.3 is 0 Å². The molecule has 7 heteroatoms. The first-order chi connectivity index (χ1) is 15.0. The van der Waals surface area contributed by atoms with Gasteiger partial charge in [0.05, 0.1) is 11.1 Å². The highest BCUT2D eigenvalue weighted by atomic mass is 16.5. The Bertz CT molecular complexity index is 998. The van der Waals surface area contributed by atoms with E-state index in [0.29, 0.717) is 30.0 Å². The lowest BCUT2D eigenvalue weighted by atomic mass is 10.1. The average molecular weight is 421 g/mol. The van der Waals surface area contributed by atoms with Gasteiger partial charge in [-0.15, -0.1) is 0 Å². The van der Waals surface area contributed by atoms with Crippen LogP contribution in [0.1, 0.15) is 70.4 Å². The van der Waals surface area contributed by atoms with Gasteiger partial charge in [-0.05, 0) is 62.8 Å². The van der Waals surface area contributed by atoms with Crippen molar-refractivity contribution in [2.45, 2.75) is 58.1 Å². The standard InChI is InChI=1S/C24H27N3O4/c1-16-8-9-19-20(13-16)24(30)27(23(19)29)12-4-7-21(28)26-15-17-10-11-25-22(14-17)31-18-5-2-3-6-18/h8-11,13-14,18H,2-7,12,15H2,1H3,(H,26,28). The highest BCUT2D eigenvalue weighted by molar-refractivity contribution is 6.21. The van der Waals surface area contributed by atoms with Crippen molar-refractivity contribution >= 4 is 17.7 Å². The lowest BCUT2D eigenvalue weighted by Gasteiger charge is -2.14. The SMILES string of the molecule is Cc1ccc2c(c1)C(=O)N(CCCC(=O)NCc1ccnc(OC3CCCC3)c1)C2=O. The molecule has 0 radical (unpaired) electrons. The topological polar surface area (TPSA) is 88.6 Å². The monoisotopic (exact) mass is 421 g/mol. The van der Waals surface area contributed by atoms with Crippen LogP contribution in [0.4, 0.5) is 0 Å². The minimum absolute atomic E-state index is 0.123. The van der Waals surface area contributed by atoms with Crippen LogP contribution in [0.2, 0.25) is 0 Å². The summed E-state index contributed by atoms with van der Waals surface area (Å²) in [5.41, 5.74) is 2.75. The maximum atomic E-state index is 12.5. The molecule has 0 saturated heterocycles. The molecule has 1 fully saturated rings. The van der Waals surface area contributed by atoms with Crippen LogP contribution in [0.15, 0.2) is 36.5 Å². The Morgan fingerprint density at radius 1 is 1.13 bits per heavy atom. The normalized spacial score (nSPS) is 16.0. The van der Waals surface area contributed by atoms with E-state index < -0.39 is 0 Å². The molecule has 3 amide bonds. The number of nitrogens with one attached hydrogen (secondary N) is 1. The number of imide groups is 1. The van der Waals surface area contributed by atoms with Crippen molar-refractivity contribution in [2.75, 3.05) is 6.54 Å². The number of carbonyl (C=O) groups is 3. The molecule has 0 atom stereocenters. The Hall–Kier alpha value is -3.22. The van der Waals surface area contributed by atoms with Gasteiger partial charge < -0.3 is 10.1 Å². The van der Waals surface area contributed by atoms with Gasteiger partial charge in [-0.2, -0.15) is 0 Å². The van der Waals surface area contributed by atoms with Gasteiger partial charge in [0.25, 0.3) is 11.8 Å². The molecule has 1 N–H and O–H groups in total. The largest absolute Gasteiger partial charge is 0.474 e. The summed E-state index contributed by atoms with van der Waals surface area (Å²) in [5.74, 6) is -0.0929. The van der Waals surface area contributed by atoms with Crippen LogP contribution in [-0.4, -0.2) is 40.3 Å². The van der Waals surface area contributed by atoms with Crippen LogP contribution in [-0.2, 0) is 11.3 Å². The first-order valence-electron chi connectivity index (χ1n) is 10.9. The number of aryl methyl sites for hydroxylation is 1. The summed E-state index contributed by atoms with van der Waals surface area (Å²) in [6, 6.07) is 8.96. The molecular formula is C24H27N3O4. The molecule has 4 rings (SSSR count). The van der Waals surface area contributed by atoms with Gasteiger partial charge in [0, 0.05) is 31.8 Å². The smallest absolute Gasteiger partial charge is 0.261 e. The quantitative estimate of drug-likeness (QED) is 0.660. The van der Waals surface area contributed by atoms with Gasteiger partial charge in [0.15, 0.2) is 0 Å². The summed E-state index contributed by atoms with van der Waals surface area (Å²) < 4.78 is 5.91. The third-order valence-electron chi connectivity index (χ3n) is 5.79. The number of rotatable bonds is 8. The Labute approximate surface area is 181 Å². The Morgan fingerprint density at radius 2 is 1.90 bits per heavy atom. The van der Waals surface area contributed by atoms with Gasteiger partial charge in [0.2, 0.25) is 11.8 Å². The molecule has 1 aliphatic heterocycles. The van der Waals surface area contributed by atoms with Gasteiger partial charge in [0.1, 0.15) is 6.10 Å². The molecule has 2 aromatic rings. The van der Waals surface area contributed by atoms with Crippen LogP contribution in [0.25, 0.3) is 0 Å². The van der Waals surface area contributed by atoms with Gasteiger partial charge in [-0.1, -0.05) is 11.6 Å². The fourth-order valence-corrected chi connectivity index (χ4v) is 4.10. The van der Waals surface area contributed by atoms with E-state index >= 15 is 0 Å². The second-order valence-electron chi connectivity index (χ2n) is 8.22. The number of carbonyl (C=O) groups excluding carboxylic acids is 3. The molecule has 2 heterocycles. The van der Waals surface area contributed by atoms with E-state index in [4.69, 9.17) is 4.74 Å². The van der Waals surface area contributed by atoms with Crippen LogP contribution < -0.4 is 10.1 Å². The van der Waals surface area contributed by atoms with Crippen molar-refractivity contribution in [1.82, 2.24) is 15.2 Å². The second-order valence-corrected chi connectivity index (χ2v) is 8.22. The number of benzene rings is 1. The van der Waals surface area contributed by atoms with Crippen molar-refractivity contribution in [3.05, 3.63) is 58.8 Å². The number of aromatic nitrogens is 1. The van der Waals surface area contributed by atoms with Crippen LogP contribution in [0.3, 0.4) is 0 Å². The zero-order chi connectivity index (χ0) is 21.8. The van der Waals surface area contributed by atoms with E-state index in [1.54, 1.807) is 18.3 Å². The van der Waals surface area contributed by atoms with E-state index in [9.17, 15) is 14.4 Å². The third-order valence-corrected chi connectivity index (χ3v) is 5.79. The highest BCUT2D eigenvalue weighted by Crippen LogP contribution is 2.25. The predicted octanol–water partition coefficient (Wildman–Crippen LogP) is 3.40. The molecule has 0 bridgehead atoms. The van der Waals surface area contributed by atoms with Crippen molar-refractivity contribution < 1.29 is 19.1 Å².